The van der Waals surface area contributed by atoms with Gasteiger partial charge < -0.3 is 9.84 Å². The summed E-state index contributed by atoms with van der Waals surface area (Å²) in [5, 5.41) is 9.98. The van der Waals surface area contributed by atoms with Crippen molar-refractivity contribution in [3.63, 3.8) is 0 Å². The van der Waals surface area contributed by atoms with Crippen LogP contribution in [0.1, 0.15) is 26.2 Å². The van der Waals surface area contributed by atoms with Gasteiger partial charge in [0, 0.05) is 6.42 Å². The molecule has 1 N–H and O–H groups in total. The van der Waals surface area contributed by atoms with E-state index in [1.54, 1.807) is 0 Å². The second-order valence-corrected chi connectivity index (χ2v) is 4.42. The Labute approximate surface area is 90.3 Å². The molecule has 0 aromatic carbocycles. The maximum absolute atomic E-state index is 9.98. The molecule has 2 fully saturated rings. The first-order valence-corrected chi connectivity index (χ1v) is 5.10. The van der Waals surface area contributed by atoms with Gasteiger partial charge in [-0.1, -0.05) is 11.8 Å². The molecule has 2 rings (SSSR count). The molecule has 2 aliphatic rings. The van der Waals surface area contributed by atoms with E-state index < -0.39 is 17.6 Å². The van der Waals surface area contributed by atoms with Crippen LogP contribution in [0.3, 0.4) is 0 Å². The Morgan fingerprint density at radius 1 is 1.47 bits per heavy atom. The molecule has 1 heterocycles. The minimum Gasteiger partial charge on any atom is -0.479 e. The quantitative estimate of drug-likeness (QED) is 0.602. The summed E-state index contributed by atoms with van der Waals surface area (Å²) in [6, 6.07) is 0. The molecule has 0 spiro atoms. The molecule has 3 atom stereocenters. The van der Waals surface area contributed by atoms with Crippen molar-refractivity contribution in [1.82, 2.24) is 0 Å². The number of terminal acetylenes is 2. The molecule has 1 saturated carbocycles. The van der Waals surface area contributed by atoms with Crippen LogP contribution in [0.15, 0.2) is 11.3 Å². The Morgan fingerprint density at radius 3 is 2.60 bits per heavy atom. The van der Waals surface area contributed by atoms with Crippen molar-refractivity contribution in [2.45, 2.75) is 38.4 Å². The Balaban J connectivity index is 2.32. The average Bonchev–Trinajstić information content (AvgIpc) is 3.05. The van der Waals surface area contributed by atoms with Crippen LogP contribution < -0.4 is 0 Å². The standard InChI is InChI=1S/C13H14O2/c1-4-10-12(14)13(3,5-2)8-11(15-10)9-6-7-9/h1-2,10,12,14H,6-8H2,3H3/t10-,12-,13-/m0/s1. The molecule has 0 aromatic rings. The molecule has 0 bridgehead atoms. The third kappa shape index (κ3) is 1.62. The Bertz CT molecular complexity index is 388. The third-order valence-corrected chi connectivity index (χ3v) is 3.12. The highest BCUT2D eigenvalue weighted by atomic mass is 16.5. The Kier molecular flexibility index (Phi) is 2.25. The van der Waals surface area contributed by atoms with Crippen molar-refractivity contribution in [3.8, 4) is 24.7 Å². The second kappa shape index (κ2) is 3.33. The van der Waals surface area contributed by atoms with E-state index in [0.717, 1.165) is 18.6 Å². The Morgan fingerprint density at radius 2 is 2.13 bits per heavy atom. The van der Waals surface area contributed by atoms with Crippen LogP contribution in [0, 0.1) is 30.1 Å². The van der Waals surface area contributed by atoms with E-state index in [1.807, 2.05) is 6.92 Å². The fourth-order valence-corrected chi connectivity index (χ4v) is 1.84. The van der Waals surface area contributed by atoms with E-state index in [0.29, 0.717) is 6.42 Å². The molecule has 15 heavy (non-hydrogen) atoms. The van der Waals surface area contributed by atoms with Gasteiger partial charge in [0.1, 0.15) is 6.10 Å². The number of allylic oxidation sites excluding steroid dienone is 2. The van der Waals surface area contributed by atoms with Gasteiger partial charge in [0.2, 0.25) is 0 Å². The minimum absolute atomic E-state index is 0.595. The number of rotatable bonds is 0. The molecule has 0 aromatic heterocycles. The summed E-state index contributed by atoms with van der Waals surface area (Å²) >= 11 is 0. The van der Waals surface area contributed by atoms with E-state index in [1.165, 1.54) is 5.57 Å². The lowest BCUT2D eigenvalue weighted by Gasteiger charge is -2.39. The number of aliphatic hydroxyl groups is 1. The lowest BCUT2D eigenvalue weighted by molar-refractivity contribution is -0.0644. The molecular weight excluding hydrogens is 188 g/mol. The van der Waals surface area contributed by atoms with Gasteiger partial charge in [-0.25, -0.2) is 0 Å². The van der Waals surface area contributed by atoms with Crippen LogP contribution in [-0.4, -0.2) is 17.3 Å². The number of ether oxygens (including phenoxy) is 1. The molecule has 1 saturated heterocycles. The monoisotopic (exact) mass is 202 g/mol. The first-order chi connectivity index (χ1) is 7.10. The molecule has 1 aliphatic heterocycles. The van der Waals surface area contributed by atoms with Gasteiger partial charge >= 0.3 is 0 Å². The zero-order valence-electron chi connectivity index (χ0n) is 8.79. The van der Waals surface area contributed by atoms with Crippen LogP contribution in [0.5, 0.6) is 0 Å². The van der Waals surface area contributed by atoms with Crippen molar-refractivity contribution >= 4 is 0 Å². The van der Waals surface area contributed by atoms with Gasteiger partial charge in [-0.2, -0.15) is 0 Å². The molecule has 2 heteroatoms. The fourth-order valence-electron chi connectivity index (χ4n) is 1.84. The predicted molar refractivity (Wildman–Crippen MR) is 57.5 cm³/mol. The van der Waals surface area contributed by atoms with E-state index >= 15 is 0 Å². The fraction of sp³-hybridized carbons (Fsp3) is 0.538. The highest BCUT2D eigenvalue weighted by molar-refractivity contribution is 5.29. The summed E-state index contributed by atoms with van der Waals surface area (Å²) in [5.41, 5.74) is 0.698. The van der Waals surface area contributed by atoms with Crippen LogP contribution >= 0.6 is 0 Å². The zero-order valence-corrected chi connectivity index (χ0v) is 8.79. The van der Waals surface area contributed by atoms with Crippen LogP contribution in [-0.2, 0) is 4.74 Å². The smallest absolute Gasteiger partial charge is 0.185 e. The summed E-state index contributed by atoms with van der Waals surface area (Å²) in [5.74, 6) is 6.01. The summed E-state index contributed by atoms with van der Waals surface area (Å²) in [6.45, 7) is 1.85. The maximum atomic E-state index is 9.98. The first-order valence-electron chi connectivity index (χ1n) is 5.10. The lowest BCUT2D eigenvalue weighted by Crippen LogP contribution is -2.45. The maximum Gasteiger partial charge on any atom is 0.185 e. The molecule has 2 nitrogen and oxygen atoms in total. The average molecular weight is 202 g/mol. The van der Waals surface area contributed by atoms with Gasteiger partial charge in [0.15, 0.2) is 6.10 Å². The van der Waals surface area contributed by atoms with Gasteiger partial charge in [0.05, 0.1) is 11.2 Å². The minimum atomic E-state index is -0.782. The van der Waals surface area contributed by atoms with Gasteiger partial charge in [-0.15, -0.1) is 12.8 Å². The van der Waals surface area contributed by atoms with Crippen molar-refractivity contribution in [2.24, 2.45) is 5.41 Å². The zero-order chi connectivity index (χ0) is 11.1. The SMILES string of the molecule is C#C[C@@H]1OC(=C2CC2)C[C@](C)(C#C)[C@H]1O. The van der Waals surface area contributed by atoms with Crippen LogP contribution in [0.4, 0.5) is 0 Å². The third-order valence-electron chi connectivity index (χ3n) is 3.12. The van der Waals surface area contributed by atoms with Crippen molar-refractivity contribution in [1.29, 1.82) is 0 Å². The molecule has 0 amide bonds. The van der Waals surface area contributed by atoms with Crippen molar-refractivity contribution in [3.05, 3.63) is 11.3 Å². The Hall–Kier alpha value is -1.38. The van der Waals surface area contributed by atoms with Crippen LogP contribution in [0.25, 0.3) is 0 Å². The largest absolute Gasteiger partial charge is 0.479 e. The predicted octanol–water partition coefficient (Wildman–Crippen LogP) is 1.46. The number of hydrogen-bond acceptors (Lipinski definition) is 2. The van der Waals surface area contributed by atoms with E-state index in [9.17, 15) is 5.11 Å². The summed E-state index contributed by atoms with van der Waals surface area (Å²) in [6.07, 6.45) is 12.1. The second-order valence-electron chi connectivity index (χ2n) is 4.42. The van der Waals surface area contributed by atoms with Gasteiger partial charge in [-0.3, -0.25) is 0 Å². The van der Waals surface area contributed by atoms with Gasteiger partial charge in [-0.05, 0) is 25.3 Å². The molecule has 78 valence electrons. The summed E-state index contributed by atoms with van der Waals surface area (Å²) in [7, 11) is 0. The normalized spacial score (nSPS) is 38.9. The van der Waals surface area contributed by atoms with E-state index in [2.05, 4.69) is 11.8 Å². The molecular formula is C13H14O2. The highest BCUT2D eigenvalue weighted by Gasteiger charge is 2.44. The van der Waals surface area contributed by atoms with Crippen molar-refractivity contribution in [2.75, 3.05) is 0 Å². The highest BCUT2D eigenvalue weighted by Crippen LogP contribution is 2.44. The lowest BCUT2D eigenvalue weighted by atomic mass is 9.76. The molecule has 0 radical (unpaired) electrons. The van der Waals surface area contributed by atoms with Crippen molar-refractivity contribution < 1.29 is 9.84 Å². The van der Waals surface area contributed by atoms with E-state index in [-0.39, 0.29) is 0 Å². The number of hydrogen-bond donors (Lipinski definition) is 1. The molecule has 0 unspecified atom stereocenters. The summed E-state index contributed by atoms with van der Waals surface area (Å²) in [4.78, 5) is 0. The van der Waals surface area contributed by atoms with Gasteiger partial charge in [0.25, 0.3) is 0 Å². The molecule has 1 aliphatic carbocycles. The van der Waals surface area contributed by atoms with Crippen LogP contribution in [0.2, 0.25) is 0 Å². The topological polar surface area (TPSA) is 29.5 Å². The van der Waals surface area contributed by atoms with E-state index in [4.69, 9.17) is 17.6 Å². The first kappa shape index (κ1) is 10.1. The number of aliphatic hydroxyl groups excluding tert-OH is 1. The summed E-state index contributed by atoms with van der Waals surface area (Å²) < 4.78 is 5.57.